The van der Waals surface area contributed by atoms with E-state index in [1.165, 1.54) is 31.7 Å². The maximum atomic E-state index is 13.3. The van der Waals surface area contributed by atoms with Crippen molar-refractivity contribution in [2.75, 3.05) is 14.1 Å². The number of hydrogen-bond donors (Lipinski definition) is 1. The second kappa shape index (κ2) is 6.82. The average Bonchev–Trinajstić information content (AvgIpc) is 2.43. The van der Waals surface area contributed by atoms with E-state index in [4.69, 9.17) is 0 Å². The Labute approximate surface area is 123 Å². The van der Waals surface area contributed by atoms with Gasteiger partial charge in [-0.05, 0) is 63.5 Å². The minimum absolute atomic E-state index is 0.162. The largest absolute Gasteiger partial charge is 0.317 e. The summed E-state index contributed by atoms with van der Waals surface area (Å²) < 4.78 is 14.3. The number of nitrogens with zero attached hydrogens (tertiary/aromatic N) is 1. The molecule has 2 rings (SSSR count). The van der Waals surface area contributed by atoms with Gasteiger partial charge in [-0.25, -0.2) is 4.39 Å². The quantitative estimate of drug-likeness (QED) is 0.909. The highest BCUT2D eigenvalue weighted by molar-refractivity contribution is 9.10. The highest BCUT2D eigenvalue weighted by Crippen LogP contribution is 2.25. The maximum absolute atomic E-state index is 13.3. The lowest BCUT2D eigenvalue weighted by Crippen LogP contribution is -2.39. The monoisotopic (exact) mass is 328 g/mol. The van der Waals surface area contributed by atoms with Gasteiger partial charge in [0.15, 0.2) is 0 Å². The zero-order valence-corrected chi connectivity index (χ0v) is 13.2. The van der Waals surface area contributed by atoms with E-state index in [2.05, 4.69) is 33.2 Å². The van der Waals surface area contributed by atoms with Gasteiger partial charge in [0.25, 0.3) is 0 Å². The molecule has 106 valence electrons. The van der Waals surface area contributed by atoms with E-state index in [0.717, 1.165) is 16.6 Å². The van der Waals surface area contributed by atoms with E-state index in [-0.39, 0.29) is 5.82 Å². The highest BCUT2D eigenvalue weighted by Gasteiger charge is 2.23. The number of halogens is 2. The smallest absolute Gasteiger partial charge is 0.123 e. The third-order valence-corrected chi connectivity index (χ3v) is 4.93. The molecule has 19 heavy (non-hydrogen) atoms. The van der Waals surface area contributed by atoms with Gasteiger partial charge in [0.1, 0.15) is 5.82 Å². The van der Waals surface area contributed by atoms with Gasteiger partial charge in [-0.2, -0.15) is 0 Å². The highest BCUT2D eigenvalue weighted by atomic mass is 79.9. The van der Waals surface area contributed by atoms with Crippen LogP contribution in [0.15, 0.2) is 22.7 Å². The molecule has 1 aromatic carbocycles. The molecule has 0 amide bonds. The molecule has 0 aromatic heterocycles. The first-order chi connectivity index (χ1) is 9.10. The van der Waals surface area contributed by atoms with Gasteiger partial charge in [0.05, 0.1) is 0 Å². The van der Waals surface area contributed by atoms with Gasteiger partial charge in [-0.3, -0.25) is 4.90 Å². The van der Waals surface area contributed by atoms with Crippen LogP contribution < -0.4 is 5.32 Å². The Kier molecular flexibility index (Phi) is 5.37. The molecule has 0 unspecified atom stereocenters. The van der Waals surface area contributed by atoms with E-state index >= 15 is 0 Å². The second-order valence-electron chi connectivity index (χ2n) is 5.44. The van der Waals surface area contributed by atoms with Crippen molar-refractivity contribution in [3.63, 3.8) is 0 Å². The lowest BCUT2D eigenvalue weighted by Gasteiger charge is -2.34. The predicted molar refractivity (Wildman–Crippen MR) is 80.7 cm³/mol. The van der Waals surface area contributed by atoms with Crippen LogP contribution in [-0.2, 0) is 6.54 Å². The van der Waals surface area contributed by atoms with Crippen LogP contribution in [0.25, 0.3) is 0 Å². The summed E-state index contributed by atoms with van der Waals surface area (Å²) in [4.78, 5) is 2.35. The molecule has 1 N–H and O–H groups in total. The van der Waals surface area contributed by atoms with Crippen LogP contribution in [0.5, 0.6) is 0 Å². The molecule has 1 saturated carbocycles. The van der Waals surface area contributed by atoms with Crippen LogP contribution in [0.2, 0.25) is 0 Å². The zero-order valence-electron chi connectivity index (χ0n) is 11.6. The number of benzene rings is 1. The van der Waals surface area contributed by atoms with Crippen molar-refractivity contribution in [1.29, 1.82) is 0 Å². The van der Waals surface area contributed by atoms with Gasteiger partial charge in [-0.15, -0.1) is 0 Å². The summed E-state index contributed by atoms with van der Waals surface area (Å²) in [5.41, 5.74) is 1.03. The van der Waals surface area contributed by atoms with Gasteiger partial charge in [-0.1, -0.05) is 15.9 Å². The van der Waals surface area contributed by atoms with E-state index < -0.39 is 0 Å². The van der Waals surface area contributed by atoms with Crippen LogP contribution in [0, 0.1) is 5.82 Å². The Hall–Kier alpha value is -0.450. The number of nitrogens with one attached hydrogen (secondary N) is 1. The van der Waals surface area contributed by atoms with Crippen molar-refractivity contribution >= 4 is 15.9 Å². The third-order valence-electron chi connectivity index (χ3n) is 4.16. The van der Waals surface area contributed by atoms with Crippen LogP contribution in [-0.4, -0.2) is 31.1 Å². The lowest BCUT2D eigenvalue weighted by atomic mass is 9.90. The second-order valence-corrected chi connectivity index (χ2v) is 6.30. The molecule has 1 aliphatic rings. The number of rotatable bonds is 4. The molecule has 0 bridgehead atoms. The standard InChI is InChI=1S/C15H22BrFN2/c1-18-13-4-6-14(7-5-13)19(2)10-11-9-12(17)3-8-15(11)16/h3,8-9,13-14,18H,4-7,10H2,1-2H3. The summed E-state index contributed by atoms with van der Waals surface area (Å²) in [6, 6.07) is 6.19. The van der Waals surface area contributed by atoms with Crippen molar-refractivity contribution in [2.24, 2.45) is 0 Å². The van der Waals surface area contributed by atoms with Crippen molar-refractivity contribution in [3.8, 4) is 0 Å². The lowest BCUT2D eigenvalue weighted by molar-refractivity contribution is 0.169. The molecule has 0 spiro atoms. The fourth-order valence-electron chi connectivity index (χ4n) is 2.87. The third kappa shape index (κ3) is 4.01. The summed E-state index contributed by atoms with van der Waals surface area (Å²) in [5.74, 6) is -0.162. The van der Waals surface area contributed by atoms with Crippen molar-refractivity contribution in [1.82, 2.24) is 10.2 Å². The summed E-state index contributed by atoms with van der Waals surface area (Å²) in [6.45, 7) is 0.799. The molecule has 0 heterocycles. The Morgan fingerprint density at radius 3 is 2.63 bits per heavy atom. The van der Waals surface area contributed by atoms with E-state index in [9.17, 15) is 4.39 Å². The van der Waals surface area contributed by atoms with Gasteiger partial charge in [0.2, 0.25) is 0 Å². The molecule has 0 radical (unpaired) electrons. The molecule has 2 nitrogen and oxygen atoms in total. The van der Waals surface area contributed by atoms with Gasteiger partial charge >= 0.3 is 0 Å². The summed E-state index contributed by atoms with van der Waals surface area (Å²) in [5, 5.41) is 3.35. The first-order valence-electron chi connectivity index (χ1n) is 6.91. The Morgan fingerprint density at radius 2 is 2.00 bits per heavy atom. The van der Waals surface area contributed by atoms with Crippen LogP contribution in [0.4, 0.5) is 4.39 Å². The van der Waals surface area contributed by atoms with Crippen LogP contribution >= 0.6 is 15.9 Å². The molecule has 1 aromatic rings. The molecule has 0 saturated heterocycles. The molecule has 4 heteroatoms. The fraction of sp³-hybridized carbons (Fsp3) is 0.600. The minimum Gasteiger partial charge on any atom is -0.317 e. The molecule has 1 aliphatic carbocycles. The fourth-order valence-corrected chi connectivity index (χ4v) is 3.24. The Bertz CT molecular complexity index is 417. The summed E-state index contributed by atoms with van der Waals surface area (Å²) >= 11 is 3.50. The molecule has 0 atom stereocenters. The molecule has 1 fully saturated rings. The molecular weight excluding hydrogens is 307 g/mol. The van der Waals surface area contributed by atoms with E-state index in [0.29, 0.717) is 12.1 Å². The SMILES string of the molecule is CNC1CCC(N(C)Cc2cc(F)ccc2Br)CC1. The van der Waals surface area contributed by atoms with E-state index in [1.54, 1.807) is 12.1 Å². The maximum Gasteiger partial charge on any atom is 0.123 e. The van der Waals surface area contributed by atoms with Gasteiger partial charge < -0.3 is 5.32 Å². The van der Waals surface area contributed by atoms with Crippen molar-refractivity contribution < 1.29 is 4.39 Å². The first kappa shape index (κ1) is 14.9. The van der Waals surface area contributed by atoms with Crippen LogP contribution in [0.1, 0.15) is 31.2 Å². The van der Waals surface area contributed by atoms with Crippen molar-refractivity contribution in [3.05, 3.63) is 34.1 Å². The normalized spacial score (nSPS) is 23.8. The minimum atomic E-state index is -0.162. The molecular formula is C15H22BrFN2. The Morgan fingerprint density at radius 1 is 1.32 bits per heavy atom. The van der Waals surface area contributed by atoms with Crippen LogP contribution in [0.3, 0.4) is 0 Å². The summed E-state index contributed by atoms with van der Waals surface area (Å²) in [7, 11) is 4.18. The molecule has 0 aliphatic heterocycles. The number of hydrogen-bond acceptors (Lipinski definition) is 2. The van der Waals surface area contributed by atoms with E-state index in [1.807, 2.05) is 7.05 Å². The Balaban J connectivity index is 1.94. The zero-order chi connectivity index (χ0) is 13.8. The van der Waals surface area contributed by atoms with Crippen molar-refractivity contribution in [2.45, 2.75) is 44.3 Å². The predicted octanol–water partition coefficient (Wildman–Crippen LogP) is 3.55. The topological polar surface area (TPSA) is 15.3 Å². The average molecular weight is 329 g/mol. The van der Waals surface area contributed by atoms with Gasteiger partial charge in [0, 0.05) is 23.1 Å². The summed E-state index contributed by atoms with van der Waals surface area (Å²) in [6.07, 6.45) is 4.90. The first-order valence-corrected chi connectivity index (χ1v) is 7.71.